The third-order valence-electron chi connectivity index (χ3n) is 8.24. The van der Waals surface area contributed by atoms with Crippen molar-refractivity contribution < 1.29 is 9.15 Å². The molecule has 0 N–H and O–H groups in total. The van der Waals surface area contributed by atoms with Gasteiger partial charge in [0.25, 0.3) is 0 Å². The smallest absolute Gasteiger partial charge is 0.160 e. The molecule has 0 spiro atoms. The summed E-state index contributed by atoms with van der Waals surface area (Å²) in [6.45, 7) is 0. The number of ether oxygens (including phenoxy) is 1. The molecule has 0 amide bonds. The van der Waals surface area contributed by atoms with E-state index in [1.165, 1.54) is 0 Å². The number of furan rings is 1. The van der Waals surface area contributed by atoms with Crippen LogP contribution in [0.4, 0.5) is 0 Å². The van der Waals surface area contributed by atoms with E-state index in [4.69, 9.17) is 19.1 Å². The first-order chi connectivity index (χ1) is 21.2. The Morgan fingerprint density at radius 1 is 0.651 bits per heavy atom. The van der Waals surface area contributed by atoms with Crippen molar-refractivity contribution in [3.8, 4) is 28.7 Å². The van der Waals surface area contributed by atoms with Crippen LogP contribution in [-0.4, -0.2) is 19.1 Å². The number of fused-ring (bicyclic) bond motifs is 8. The molecule has 0 radical (unpaired) electrons. The molecule has 43 heavy (non-hydrogen) atoms. The molecule has 9 rings (SSSR count). The number of hydrogen-bond donors (Lipinski definition) is 0. The molecular weight excluding hydrogens is 532 g/mol. The van der Waals surface area contributed by atoms with Gasteiger partial charge in [-0.15, -0.1) is 0 Å². The summed E-state index contributed by atoms with van der Waals surface area (Å²) in [5.41, 5.74) is 6.75. The van der Waals surface area contributed by atoms with E-state index in [1.54, 1.807) is 0 Å². The van der Waals surface area contributed by atoms with Crippen LogP contribution < -0.4 is 4.74 Å². The van der Waals surface area contributed by atoms with Crippen molar-refractivity contribution in [2.45, 2.75) is 0 Å². The minimum Gasteiger partial charge on any atom is -0.457 e. The normalized spacial score (nSPS) is 11.8. The van der Waals surface area contributed by atoms with Crippen LogP contribution in [0.15, 0.2) is 132 Å². The van der Waals surface area contributed by atoms with Gasteiger partial charge in [-0.2, -0.15) is 0 Å². The van der Waals surface area contributed by atoms with Crippen LogP contribution in [0.1, 0.15) is 0 Å². The SMILES string of the molecule is Cn1c(-c2cccc(Oc3ccc4c5ccc6c7ccccc7oc6c5n(-c5ccccn5)c4c3)c2)nc2ccccc21. The minimum atomic E-state index is 0.732. The Hall–Kier alpha value is -5.88. The number of hydrogen-bond acceptors (Lipinski definition) is 4. The van der Waals surface area contributed by atoms with Crippen molar-refractivity contribution in [3.63, 3.8) is 0 Å². The maximum atomic E-state index is 6.49. The molecule has 204 valence electrons. The number of imidazole rings is 1. The van der Waals surface area contributed by atoms with Crippen molar-refractivity contribution in [2.24, 2.45) is 7.05 Å². The van der Waals surface area contributed by atoms with Crippen LogP contribution in [0.25, 0.3) is 72.0 Å². The Morgan fingerprint density at radius 3 is 2.37 bits per heavy atom. The van der Waals surface area contributed by atoms with Crippen LogP contribution >= 0.6 is 0 Å². The average molecular weight is 557 g/mol. The Morgan fingerprint density at radius 2 is 1.47 bits per heavy atom. The maximum Gasteiger partial charge on any atom is 0.160 e. The van der Waals surface area contributed by atoms with Gasteiger partial charge in [0.2, 0.25) is 0 Å². The molecular formula is C37H24N4O2. The fraction of sp³-hybridized carbons (Fsp3) is 0.0270. The summed E-state index contributed by atoms with van der Waals surface area (Å²) in [7, 11) is 2.04. The number of benzene rings is 5. The van der Waals surface area contributed by atoms with E-state index in [1.807, 2.05) is 92.1 Å². The van der Waals surface area contributed by atoms with Gasteiger partial charge in [0, 0.05) is 46.4 Å². The first-order valence-corrected chi connectivity index (χ1v) is 14.2. The lowest BCUT2D eigenvalue weighted by Crippen LogP contribution is -1.97. The molecule has 0 saturated carbocycles. The zero-order valence-electron chi connectivity index (χ0n) is 23.2. The molecule has 0 atom stereocenters. The van der Waals surface area contributed by atoms with E-state index in [2.05, 4.69) is 51.6 Å². The van der Waals surface area contributed by atoms with Gasteiger partial charge in [-0.1, -0.05) is 54.6 Å². The fourth-order valence-electron chi connectivity index (χ4n) is 6.28. The summed E-state index contributed by atoms with van der Waals surface area (Å²) in [5, 5.41) is 4.38. The summed E-state index contributed by atoms with van der Waals surface area (Å²) < 4.78 is 17.3. The van der Waals surface area contributed by atoms with Crippen molar-refractivity contribution in [1.29, 1.82) is 0 Å². The van der Waals surface area contributed by atoms with E-state index in [0.29, 0.717) is 0 Å². The van der Waals surface area contributed by atoms with Gasteiger partial charge in [0.1, 0.15) is 28.7 Å². The van der Waals surface area contributed by atoms with Crippen molar-refractivity contribution in [2.75, 3.05) is 0 Å². The van der Waals surface area contributed by atoms with Crippen LogP contribution in [0.3, 0.4) is 0 Å². The van der Waals surface area contributed by atoms with Crippen molar-refractivity contribution in [3.05, 3.63) is 128 Å². The highest BCUT2D eigenvalue weighted by atomic mass is 16.5. The zero-order valence-corrected chi connectivity index (χ0v) is 23.2. The standard InChI is InChI=1S/C37H24N4O2/c1-40-31-13-4-3-12-30(31)39-37(40)23-9-8-10-24(21-23)42-25-16-17-26-28-18-19-29-27-11-2-5-14-33(27)43-36(29)35(28)41(32(26)22-25)34-15-6-7-20-38-34/h2-22H,1H3. The highest BCUT2D eigenvalue weighted by molar-refractivity contribution is 6.21. The lowest BCUT2D eigenvalue weighted by molar-refractivity contribution is 0.483. The van der Waals surface area contributed by atoms with E-state index in [-0.39, 0.29) is 0 Å². The Balaban J connectivity index is 1.21. The van der Waals surface area contributed by atoms with E-state index in [9.17, 15) is 0 Å². The van der Waals surface area contributed by atoms with E-state index >= 15 is 0 Å². The predicted octanol–water partition coefficient (Wildman–Crippen LogP) is 9.42. The molecule has 0 aliphatic carbocycles. The van der Waals surface area contributed by atoms with Gasteiger partial charge in [-0.3, -0.25) is 4.57 Å². The Kier molecular flexibility index (Phi) is 5.01. The number of pyridine rings is 1. The largest absolute Gasteiger partial charge is 0.457 e. The van der Waals surface area contributed by atoms with E-state index in [0.717, 1.165) is 83.5 Å². The molecule has 0 fully saturated rings. The van der Waals surface area contributed by atoms with Gasteiger partial charge in [0.05, 0.1) is 22.1 Å². The first kappa shape index (κ1) is 23.8. The predicted molar refractivity (Wildman–Crippen MR) is 172 cm³/mol. The lowest BCUT2D eigenvalue weighted by Gasteiger charge is -2.10. The van der Waals surface area contributed by atoms with E-state index < -0.39 is 0 Å². The third-order valence-corrected chi connectivity index (χ3v) is 8.24. The van der Waals surface area contributed by atoms with Crippen LogP contribution in [0.5, 0.6) is 11.5 Å². The van der Waals surface area contributed by atoms with Gasteiger partial charge in [0.15, 0.2) is 5.58 Å². The summed E-state index contributed by atoms with van der Waals surface area (Å²) in [4.78, 5) is 9.61. The third kappa shape index (κ3) is 3.60. The average Bonchev–Trinajstić information content (AvgIpc) is 3.71. The second kappa shape index (κ2) is 9.06. The Bertz CT molecular complexity index is 2500. The lowest BCUT2D eigenvalue weighted by atomic mass is 10.1. The Labute approximate surface area is 246 Å². The molecule has 6 heteroatoms. The molecule has 4 heterocycles. The molecule has 6 nitrogen and oxygen atoms in total. The highest BCUT2D eigenvalue weighted by Crippen LogP contribution is 2.41. The van der Waals surface area contributed by atoms with Crippen LogP contribution in [0, 0.1) is 0 Å². The second-order valence-electron chi connectivity index (χ2n) is 10.8. The quantitative estimate of drug-likeness (QED) is 0.217. The molecule has 0 unspecified atom stereocenters. The second-order valence-corrected chi connectivity index (χ2v) is 10.8. The molecule has 0 aliphatic rings. The highest BCUT2D eigenvalue weighted by Gasteiger charge is 2.20. The van der Waals surface area contributed by atoms with Crippen LogP contribution in [0.2, 0.25) is 0 Å². The zero-order chi connectivity index (χ0) is 28.5. The summed E-state index contributed by atoms with van der Waals surface area (Å²) in [6, 6.07) is 40.9. The van der Waals surface area contributed by atoms with Crippen molar-refractivity contribution >= 4 is 54.8 Å². The molecule has 0 saturated heterocycles. The number of aryl methyl sites for hydroxylation is 1. The molecule has 4 aromatic heterocycles. The topological polar surface area (TPSA) is 58.0 Å². The van der Waals surface area contributed by atoms with Gasteiger partial charge in [-0.05, 0) is 60.7 Å². The monoisotopic (exact) mass is 556 g/mol. The number of aromatic nitrogens is 4. The molecule has 5 aromatic carbocycles. The van der Waals surface area contributed by atoms with Crippen molar-refractivity contribution in [1.82, 2.24) is 19.1 Å². The molecule has 0 aliphatic heterocycles. The van der Waals surface area contributed by atoms with Gasteiger partial charge >= 0.3 is 0 Å². The summed E-state index contributed by atoms with van der Waals surface area (Å²) in [5.74, 6) is 3.18. The first-order valence-electron chi connectivity index (χ1n) is 14.2. The minimum absolute atomic E-state index is 0.732. The van der Waals surface area contributed by atoms with Gasteiger partial charge in [-0.25, -0.2) is 9.97 Å². The molecule has 0 bridgehead atoms. The van der Waals surface area contributed by atoms with Gasteiger partial charge < -0.3 is 13.7 Å². The number of nitrogens with zero attached hydrogens (tertiary/aromatic N) is 4. The van der Waals surface area contributed by atoms with Crippen LogP contribution in [-0.2, 0) is 7.05 Å². The number of para-hydroxylation sites is 3. The summed E-state index contributed by atoms with van der Waals surface area (Å²) in [6.07, 6.45) is 1.82. The number of rotatable bonds is 4. The summed E-state index contributed by atoms with van der Waals surface area (Å²) >= 11 is 0. The maximum absolute atomic E-state index is 6.49. The fourth-order valence-corrected chi connectivity index (χ4v) is 6.28. The molecule has 9 aromatic rings.